The lowest BCUT2D eigenvalue weighted by Crippen LogP contribution is -2.50. The monoisotopic (exact) mass is 227 g/mol. The van der Waals surface area contributed by atoms with Crippen LogP contribution in [0.1, 0.15) is 32.6 Å². The van der Waals surface area contributed by atoms with E-state index < -0.39 is 0 Å². The zero-order chi connectivity index (χ0) is 12.0. The van der Waals surface area contributed by atoms with Crippen molar-refractivity contribution in [3.05, 3.63) is 0 Å². The highest BCUT2D eigenvalue weighted by molar-refractivity contribution is 5.74. The smallest absolute Gasteiger partial charge is 0.317 e. The molecule has 1 unspecified atom stereocenters. The Morgan fingerprint density at radius 2 is 2.31 bits per heavy atom. The predicted octanol–water partition coefficient (Wildman–Crippen LogP) is 1.52. The third-order valence-corrected chi connectivity index (χ3v) is 3.27. The van der Waals surface area contributed by atoms with E-state index >= 15 is 0 Å². The van der Waals surface area contributed by atoms with Crippen LogP contribution in [0.3, 0.4) is 0 Å². The first-order valence-electron chi connectivity index (χ1n) is 6.34. The maximum Gasteiger partial charge on any atom is 0.317 e. The Morgan fingerprint density at radius 1 is 1.56 bits per heavy atom. The van der Waals surface area contributed by atoms with Crippen molar-refractivity contribution in [1.82, 2.24) is 15.1 Å². The van der Waals surface area contributed by atoms with Crippen LogP contribution in [-0.4, -0.2) is 55.6 Å². The summed E-state index contributed by atoms with van der Waals surface area (Å²) in [7, 11) is 4.03. The molecule has 4 heteroatoms. The third-order valence-electron chi connectivity index (χ3n) is 3.27. The SMILES string of the molecule is CCCCNC(=O)N(C)C1CCCN(C)C1. The van der Waals surface area contributed by atoms with E-state index in [4.69, 9.17) is 0 Å². The van der Waals surface area contributed by atoms with Gasteiger partial charge in [-0.05, 0) is 32.9 Å². The van der Waals surface area contributed by atoms with Gasteiger partial charge in [-0.15, -0.1) is 0 Å². The first-order chi connectivity index (χ1) is 7.65. The van der Waals surface area contributed by atoms with Crippen LogP contribution in [0.15, 0.2) is 0 Å². The number of hydrogen-bond acceptors (Lipinski definition) is 2. The molecule has 1 N–H and O–H groups in total. The van der Waals surface area contributed by atoms with E-state index in [2.05, 4.69) is 24.2 Å². The van der Waals surface area contributed by atoms with Crippen molar-refractivity contribution in [3.8, 4) is 0 Å². The van der Waals surface area contributed by atoms with Crippen molar-refractivity contribution < 1.29 is 4.79 Å². The lowest BCUT2D eigenvalue weighted by Gasteiger charge is -2.35. The highest BCUT2D eigenvalue weighted by Crippen LogP contribution is 2.13. The number of carbonyl (C=O) groups is 1. The molecular formula is C12H25N3O. The number of nitrogens with one attached hydrogen (secondary N) is 1. The van der Waals surface area contributed by atoms with Gasteiger partial charge in [0.2, 0.25) is 0 Å². The van der Waals surface area contributed by atoms with Gasteiger partial charge >= 0.3 is 6.03 Å². The molecule has 1 saturated heterocycles. The number of piperidine rings is 1. The summed E-state index contributed by atoms with van der Waals surface area (Å²) in [4.78, 5) is 16.0. The number of likely N-dealkylation sites (tertiary alicyclic amines) is 1. The Labute approximate surface area is 99.0 Å². The molecule has 1 heterocycles. The summed E-state index contributed by atoms with van der Waals surface area (Å²) >= 11 is 0. The molecule has 1 atom stereocenters. The van der Waals surface area contributed by atoms with Gasteiger partial charge in [0.15, 0.2) is 0 Å². The number of unbranched alkanes of at least 4 members (excludes halogenated alkanes) is 1. The molecule has 1 aliphatic rings. The molecule has 0 bridgehead atoms. The Kier molecular flexibility index (Phi) is 5.60. The Balaban J connectivity index is 2.31. The van der Waals surface area contributed by atoms with E-state index in [9.17, 15) is 4.79 Å². The number of urea groups is 1. The first kappa shape index (κ1) is 13.3. The molecule has 0 radical (unpaired) electrons. The Bertz CT molecular complexity index is 220. The predicted molar refractivity (Wildman–Crippen MR) is 66.6 cm³/mol. The summed E-state index contributed by atoms with van der Waals surface area (Å²) in [5.74, 6) is 0. The molecule has 16 heavy (non-hydrogen) atoms. The quantitative estimate of drug-likeness (QED) is 0.739. The van der Waals surface area contributed by atoms with Crippen LogP contribution in [0, 0.1) is 0 Å². The van der Waals surface area contributed by atoms with Crippen molar-refractivity contribution in [1.29, 1.82) is 0 Å². The highest BCUT2D eigenvalue weighted by atomic mass is 16.2. The van der Waals surface area contributed by atoms with Gasteiger partial charge in [-0.2, -0.15) is 0 Å². The van der Waals surface area contributed by atoms with E-state index in [1.165, 1.54) is 6.42 Å². The maximum atomic E-state index is 11.8. The summed E-state index contributed by atoms with van der Waals surface area (Å²) in [5.41, 5.74) is 0. The second-order valence-electron chi connectivity index (χ2n) is 4.75. The topological polar surface area (TPSA) is 35.6 Å². The van der Waals surface area contributed by atoms with Gasteiger partial charge in [0.05, 0.1) is 0 Å². The van der Waals surface area contributed by atoms with Gasteiger partial charge in [-0.3, -0.25) is 0 Å². The minimum atomic E-state index is 0.0775. The fourth-order valence-electron chi connectivity index (χ4n) is 2.12. The molecule has 1 rings (SSSR count). The van der Waals surface area contributed by atoms with Gasteiger partial charge in [0, 0.05) is 26.2 Å². The van der Waals surface area contributed by atoms with Gasteiger partial charge < -0.3 is 15.1 Å². The molecule has 0 aromatic carbocycles. The first-order valence-corrected chi connectivity index (χ1v) is 6.34. The molecule has 0 aromatic heterocycles. The second-order valence-corrected chi connectivity index (χ2v) is 4.75. The lowest BCUT2D eigenvalue weighted by atomic mass is 10.1. The number of carbonyl (C=O) groups excluding carboxylic acids is 1. The summed E-state index contributed by atoms with van der Waals surface area (Å²) in [6.45, 7) is 5.08. The molecule has 0 aromatic rings. The normalized spacial score (nSPS) is 21.8. The average Bonchev–Trinajstić information content (AvgIpc) is 2.28. The van der Waals surface area contributed by atoms with E-state index in [1.54, 1.807) is 0 Å². The molecule has 94 valence electrons. The minimum Gasteiger partial charge on any atom is -0.338 e. The lowest BCUT2D eigenvalue weighted by molar-refractivity contribution is 0.141. The Hall–Kier alpha value is -0.770. The number of likely N-dealkylation sites (N-methyl/N-ethyl adjacent to an activating group) is 2. The molecule has 0 spiro atoms. The molecule has 4 nitrogen and oxygen atoms in total. The van der Waals surface area contributed by atoms with E-state index in [0.717, 1.165) is 38.9 Å². The minimum absolute atomic E-state index is 0.0775. The molecule has 0 saturated carbocycles. The van der Waals surface area contributed by atoms with Crippen LogP contribution in [0.25, 0.3) is 0 Å². The second kappa shape index (κ2) is 6.74. The third kappa shape index (κ3) is 4.00. The van der Waals surface area contributed by atoms with Crippen molar-refractivity contribution in [2.24, 2.45) is 0 Å². The highest BCUT2D eigenvalue weighted by Gasteiger charge is 2.23. The summed E-state index contributed by atoms with van der Waals surface area (Å²) in [5, 5.41) is 2.96. The van der Waals surface area contributed by atoms with E-state index in [0.29, 0.717) is 6.04 Å². The van der Waals surface area contributed by atoms with Crippen molar-refractivity contribution in [2.75, 3.05) is 33.7 Å². The fourth-order valence-corrected chi connectivity index (χ4v) is 2.12. The molecule has 2 amide bonds. The van der Waals surface area contributed by atoms with Crippen molar-refractivity contribution in [2.45, 2.75) is 38.6 Å². The van der Waals surface area contributed by atoms with Crippen LogP contribution < -0.4 is 5.32 Å². The molecule has 1 fully saturated rings. The maximum absolute atomic E-state index is 11.8. The van der Waals surface area contributed by atoms with Crippen LogP contribution >= 0.6 is 0 Å². The number of rotatable bonds is 4. The average molecular weight is 227 g/mol. The summed E-state index contributed by atoms with van der Waals surface area (Å²) in [6.07, 6.45) is 4.50. The zero-order valence-electron chi connectivity index (χ0n) is 10.8. The number of amides is 2. The van der Waals surface area contributed by atoms with Crippen LogP contribution in [-0.2, 0) is 0 Å². The number of nitrogens with zero attached hydrogens (tertiary/aromatic N) is 2. The van der Waals surface area contributed by atoms with Gasteiger partial charge in [-0.25, -0.2) is 4.79 Å². The van der Waals surface area contributed by atoms with Crippen LogP contribution in [0.5, 0.6) is 0 Å². The van der Waals surface area contributed by atoms with Crippen LogP contribution in [0.2, 0.25) is 0 Å². The standard InChI is InChI=1S/C12H25N3O/c1-4-5-8-13-12(16)15(3)11-7-6-9-14(2)10-11/h11H,4-10H2,1-3H3,(H,13,16). The summed E-state index contributed by atoms with van der Waals surface area (Å²) in [6, 6.07) is 0.453. The summed E-state index contributed by atoms with van der Waals surface area (Å²) < 4.78 is 0. The van der Waals surface area contributed by atoms with Gasteiger partial charge in [0.25, 0.3) is 0 Å². The van der Waals surface area contributed by atoms with Crippen molar-refractivity contribution >= 4 is 6.03 Å². The molecule has 0 aliphatic carbocycles. The molecular weight excluding hydrogens is 202 g/mol. The molecule has 1 aliphatic heterocycles. The number of hydrogen-bond donors (Lipinski definition) is 1. The van der Waals surface area contributed by atoms with Crippen LogP contribution in [0.4, 0.5) is 4.79 Å². The van der Waals surface area contributed by atoms with E-state index in [-0.39, 0.29) is 6.03 Å². The largest absolute Gasteiger partial charge is 0.338 e. The van der Waals surface area contributed by atoms with Crippen molar-refractivity contribution in [3.63, 3.8) is 0 Å². The van der Waals surface area contributed by atoms with E-state index in [1.807, 2.05) is 11.9 Å². The zero-order valence-corrected chi connectivity index (χ0v) is 10.8. The van der Waals surface area contributed by atoms with Gasteiger partial charge in [-0.1, -0.05) is 13.3 Å². The van der Waals surface area contributed by atoms with Gasteiger partial charge in [0.1, 0.15) is 0 Å². The Morgan fingerprint density at radius 3 is 2.94 bits per heavy atom. The fraction of sp³-hybridized carbons (Fsp3) is 0.917.